The van der Waals surface area contributed by atoms with Crippen LogP contribution in [0.5, 0.6) is 0 Å². The van der Waals surface area contributed by atoms with Gasteiger partial charge in [-0.2, -0.15) is 0 Å². The molecular weight excluding hydrogens is 234 g/mol. The van der Waals surface area contributed by atoms with E-state index in [2.05, 4.69) is 43.4 Å². The van der Waals surface area contributed by atoms with E-state index in [0.717, 1.165) is 12.5 Å². The summed E-state index contributed by atoms with van der Waals surface area (Å²) in [4.78, 5) is 0. The summed E-state index contributed by atoms with van der Waals surface area (Å²) < 4.78 is 6.13. The maximum Gasteiger partial charge on any atom is 0.0665 e. The van der Waals surface area contributed by atoms with E-state index in [9.17, 15) is 0 Å². The first-order valence-electron chi connectivity index (χ1n) is 7.55. The zero-order valence-corrected chi connectivity index (χ0v) is 12.5. The normalized spacial score (nSPS) is 25.2. The van der Waals surface area contributed by atoms with Gasteiger partial charge in [-0.15, -0.1) is 0 Å². The molecule has 1 aliphatic carbocycles. The molecule has 0 amide bonds. The Kier molecular flexibility index (Phi) is 5.41. The van der Waals surface area contributed by atoms with Crippen LogP contribution in [0.2, 0.25) is 0 Å². The van der Waals surface area contributed by atoms with E-state index in [0.29, 0.717) is 12.1 Å². The first kappa shape index (κ1) is 14.5. The second-order valence-corrected chi connectivity index (χ2v) is 5.91. The molecule has 1 saturated carbocycles. The summed E-state index contributed by atoms with van der Waals surface area (Å²) in [6.07, 6.45) is 5.56. The Morgan fingerprint density at radius 3 is 2.53 bits per heavy atom. The highest BCUT2D eigenvalue weighted by Crippen LogP contribution is 2.27. The summed E-state index contributed by atoms with van der Waals surface area (Å²) in [5, 5.41) is 3.38. The van der Waals surface area contributed by atoms with Gasteiger partial charge in [0.05, 0.1) is 18.8 Å². The average Bonchev–Trinajstić information content (AvgIpc) is 2.43. The minimum Gasteiger partial charge on any atom is -0.376 e. The molecule has 1 fully saturated rings. The van der Waals surface area contributed by atoms with Gasteiger partial charge in [-0.3, -0.25) is 0 Å². The van der Waals surface area contributed by atoms with Gasteiger partial charge >= 0.3 is 0 Å². The van der Waals surface area contributed by atoms with Gasteiger partial charge in [0.2, 0.25) is 0 Å². The fourth-order valence-electron chi connectivity index (χ4n) is 2.93. The smallest absolute Gasteiger partial charge is 0.0665 e. The molecular formula is C17H27NO. The van der Waals surface area contributed by atoms with E-state index in [1.165, 1.54) is 36.8 Å². The topological polar surface area (TPSA) is 21.3 Å². The minimum atomic E-state index is 0.306. The van der Waals surface area contributed by atoms with E-state index >= 15 is 0 Å². The standard InChI is InChI=1S/C17H27NO/c1-13-8-10-15(11-9-13)19-12-17(18-3)16-7-5-4-6-14(16)2/h4-7,13,15,17-18H,8-12H2,1-3H3. The van der Waals surface area contributed by atoms with Gasteiger partial charge in [0, 0.05) is 0 Å². The van der Waals surface area contributed by atoms with Crippen molar-refractivity contribution in [3.05, 3.63) is 35.4 Å². The van der Waals surface area contributed by atoms with Crippen molar-refractivity contribution in [2.24, 2.45) is 5.92 Å². The zero-order valence-electron chi connectivity index (χ0n) is 12.5. The Balaban J connectivity index is 1.88. The van der Waals surface area contributed by atoms with Crippen LogP contribution in [-0.4, -0.2) is 19.8 Å². The van der Waals surface area contributed by atoms with E-state index in [1.807, 2.05) is 7.05 Å². The highest BCUT2D eigenvalue weighted by molar-refractivity contribution is 5.28. The number of rotatable bonds is 5. The molecule has 1 aromatic rings. The quantitative estimate of drug-likeness (QED) is 0.869. The lowest BCUT2D eigenvalue weighted by Crippen LogP contribution is -2.27. The third-order valence-corrected chi connectivity index (χ3v) is 4.37. The number of ether oxygens (including phenoxy) is 1. The van der Waals surface area contributed by atoms with Crippen molar-refractivity contribution in [2.75, 3.05) is 13.7 Å². The van der Waals surface area contributed by atoms with Crippen LogP contribution in [0.3, 0.4) is 0 Å². The fourth-order valence-corrected chi connectivity index (χ4v) is 2.93. The molecule has 2 rings (SSSR count). The van der Waals surface area contributed by atoms with Crippen LogP contribution in [0, 0.1) is 12.8 Å². The van der Waals surface area contributed by atoms with E-state index < -0.39 is 0 Å². The van der Waals surface area contributed by atoms with E-state index in [4.69, 9.17) is 4.74 Å². The number of likely N-dealkylation sites (N-methyl/N-ethyl adjacent to an activating group) is 1. The van der Waals surface area contributed by atoms with Crippen LogP contribution < -0.4 is 5.32 Å². The van der Waals surface area contributed by atoms with Crippen molar-refractivity contribution < 1.29 is 4.74 Å². The highest BCUT2D eigenvalue weighted by atomic mass is 16.5. The van der Waals surface area contributed by atoms with Crippen molar-refractivity contribution in [3.8, 4) is 0 Å². The molecule has 0 saturated heterocycles. The number of aryl methyl sites for hydroxylation is 1. The van der Waals surface area contributed by atoms with Crippen LogP contribution in [0.1, 0.15) is 49.8 Å². The fraction of sp³-hybridized carbons (Fsp3) is 0.647. The summed E-state index contributed by atoms with van der Waals surface area (Å²) in [5.41, 5.74) is 2.69. The average molecular weight is 261 g/mol. The van der Waals surface area contributed by atoms with Crippen molar-refractivity contribution in [1.29, 1.82) is 0 Å². The van der Waals surface area contributed by atoms with Crippen LogP contribution in [0.25, 0.3) is 0 Å². The molecule has 1 N–H and O–H groups in total. The summed E-state index contributed by atoms with van der Waals surface area (Å²) in [5.74, 6) is 0.885. The Hall–Kier alpha value is -0.860. The Labute approximate surface area is 117 Å². The largest absolute Gasteiger partial charge is 0.376 e. The SMILES string of the molecule is CNC(COC1CCC(C)CC1)c1ccccc1C. The lowest BCUT2D eigenvalue weighted by atomic mass is 9.89. The van der Waals surface area contributed by atoms with Crippen molar-refractivity contribution >= 4 is 0 Å². The third kappa shape index (κ3) is 4.05. The molecule has 106 valence electrons. The second-order valence-electron chi connectivity index (χ2n) is 5.91. The second kappa shape index (κ2) is 7.06. The molecule has 2 nitrogen and oxygen atoms in total. The Morgan fingerprint density at radius 2 is 1.89 bits per heavy atom. The molecule has 1 aromatic carbocycles. The lowest BCUT2D eigenvalue weighted by Gasteiger charge is -2.28. The highest BCUT2D eigenvalue weighted by Gasteiger charge is 2.20. The van der Waals surface area contributed by atoms with E-state index in [1.54, 1.807) is 0 Å². The van der Waals surface area contributed by atoms with Gasteiger partial charge in [0.15, 0.2) is 0 Å². The number of nitrogens with one attached hydrogen (secondary N) is 1. The van der Waals surface area contributed by atoms with Gasteiger partial charge in [-0.1, -0.05) is 31.2 Å². The zero-order chi connectivity index (χ0) is 13.7. The predicted molar refractivity (Wildman–Crippen MR) is 80.4 cm³/mol. The lowest BCUT2D eigenvalue weighted by molar-refractivity contribution is 0.00874. The molecule has 0 heterocycles. The van der Waals surface area contributed by atoms with Crippen molar-refractivity contribution in [2.45, 2.75) is 51.7 Å². The molecule has 2 heteroatoms. The monoisotopic (exact) mass is 261 g/mol. The number of benzene rings is 1. The van der Waals surface area contributed by atoms with Crippen LogP contribution in [0.4, 0.5) is 0 Å². The van der Waals surface area contributed by atoms with Crippen LogP contribution in [0.15, 0.2) is 24.3 Å². The molecule has 1 aliphatic rings. The minimum absolute atomic E-state index is 0.306. The predicted octanol–water partition coefficient (Wildman–Crippen LogP) is 3.85. The molecule has 0 aliphatic heterocycles. The molecule has 19 heavy (non-hydrogen) atoms. The van der Waals surface area contributed by atoms with Crippen LogP contribution >= 0.6 is 0 Å². The maximum atomic E-state index is 6.13. The van der Waals surface area contributed by atoms with Gasteiger partial charge in [-0.05, 0) is 56.7 Å². The summed E-state index contributed by atoms with van der Waals surface area (Å²) >= 11 is 0. The molecule has 0 radical (unpaired) electrons. The molecule has 1 unspecified atom stereocenters. The Morgan fingerprint density at radius 1 is 1.21 bits per heavy atom. The molecule has 1 atom stereocenters. The van der Waals surface area contributed by atoms with Gasteiger partial charge in [0.25, 0.3) is 0 Å². The molecule has 0 bridgehead atoms. The summed E-state index contributed by atoms with van der Waals surface area (Å²) in [7, 11) is 2.02. The Bertz CT molecular complexity index is 383. The van der Waals surface area contributed by atoms with Crippen molar-refractivity contribution in [3.63, 3.8) is 0 Å². The number of hydrogen-bond donors (Lipinski definition) is 1. The maximum absolute atomic E-state index is 6.13. The molecule has 0 spiro atoms. The first-order valence-corrected chi connectivity index (χ1v) is 7.55. The van der Waals surface area contributed by atoms with Gasteiger partial charge in [0.1, 0.15) is 0 Å². The first-order chi connectivity index (χ1) is 9.20. The van der Waals surface area contributed by atoms with Crippen molar-refractivity contribution in [1.82, 2.24) is 5.32 Å². The van der Waals surface area contributed by atoms with Gasteiger partial charge in [-0.25, -0.2) is 0 Å². The summed E-state index contributed by atoms with van der Waals surface area (Å²) in [6.45, 7) is 5.29. The van der Waals surface area contributed by atoms with E-state index in [-0.39, 0.29) is 0 Å². The van der Waals surface area contributed by atoms with Crippen LogP contribution in [-0.2, 0) is 4.74 Å². The third-order valence-electron chi connectivity index (χ3n) is 4.37. The number of hydrogen-bond acceptors (Lipinski definition) is 2. The summed E-state index contributed by atoms with van der Waals surface area (Å²) in [6, 6.07) is 8.87. The van der Waals surface area contributed by atoms with Gasteiger partial charge < -0.3 is 10.1 Å². The molecule has 0 aromatic heterocycles.